The van der Waals surface area contributed by atoms with E-state index in [1.165, 1.54) is 6.42 Å². The summed E-state index contributed by atoms with van der Waals surface area (Å²) in [4.78, 5) is 21.6. The maximum Gasteiger partial charge on any atom is 0.309 e. The number of anilines is 1. The minimum absolute atomic E-state index is 0.0375. The maximum atomic E-state index is 10.7. The number of nitrogens with zero attached hydrogens (tertiary/aromatic N) is 3. The Labute approximate surface area is 100 Å². The SMILES string of the molecule is Cc1cc(CC(=O)O)nc(N2CCCCC2)n1. The predicted molar refractivity (Wildman–Crippen MR) is 64.2 cm³/mol. The molecule has 2 heterocycles. The Balaban J connectivity index is 2.20. The third kappa shape index (κ3) is 3.15. The first-order valence-corrected chi connectivity index (χ1v) is 5.96. The Bertz CT molecular complexity index is 414. The number of carboxylic acids is 1. The van der Waals surface area contributed by atoms with E-state index in [0.29, 0.717) is 11.6 Å². The first-order valence-electron chi connectivity index (χ1n) is 5.96. The molecule has 1 N–H and O–H groups in total. The minimum Gasteiger partial charge on any atom is -0.481 e. The van der Waals surface area contributed by atoms with Crippen LogP contribution in [-0.4, -0.2) is 34.1 Å². The molecule has 0 aliphatic carbocycles. The summed E-state index contributed by atoms with van der Waals surface area (Å²) in [7, 11) is 0. The molecular formula is C12H17N3O2. The number of piperidine rings is 1. The van der Waals surface area contributed by atoms with Gasteiger partial charge in [-0.15, -0.1) is 0 Å². The molecule has 1 saturated heterocycles. The van der Waals surface area contributed by atoms with Gasteiger partial charge in [0.2, 0.25) is 5.95 Å². The molecule has 0 atom stereocenters. The van der Waals surface area contributed by atoms with Gasteiger partial charge in [0.25, 0.3) is 0 Å². The van der Waals surface area contributed by atoms with Crippen molar-refractivity contribution in [1.82, 2.24) is 9.97 Å². The Morgan fingerprint density at radius 2 is 2.06 bits per heavy atom. The van der Waals surface area contributed by atoms with E-state index in [9.17, 15) is 4.79 Å². The van der Waals surface area contributed by atoms with E-state index in [-0.39, 0.29) is 6.42 Å². The van der Waals surface area contributed by atoms with Crippen LogP contribution >= 0.6 is 0 Å². The smallest absolute Gasteiger partial charge is 0.309 e. The van der Waals surface area contributed by atoms with Crippen molar-refractivity contribution in [3.63, 3.8) is 0 Å². The van der Waals surface area contributed by atoms with Crippen LogP contribution in [0.2, 0.25) is 0 Å². The lowest BCUT2D eigenvalue weighted by molar-refractivity contribution is -0.136. The van der Waals surface area contributed by atoms with Crippen molar-refractivity contribution in [1.29, 1.82) is 0 Å². The van der Waals surface area contributed by atoms with Gasteiger partial charge in [0, 0.05) is 18.8 Å². The Morgan fingerprint density at radius 3 is 2.71 bits per heavy atom. The third-order valence-electron chi connectivity index (χ3n) is 2.87. The highest BCUT2D eigenvalue weighted by molar-refractivity contribution is 5.69. The summed E-state index contributed by atoms with van der Waals surface area (Å²) in [6.45, 7) is 3.81. The van der Waals surface area contributed by atoms with E-state index in [0.717, 1.165) is 31.6 Å². The number of rotatable bonds is 3. The van der Waals surface area contributed by atoms with Crippen LogP contribution in [0, 0.1) is 6.92 Å². The number of hydrogen-bond donors (Lipinski definition) is 1. The van der Waals surface area contributed by atoms with E-state index in [1.54, 1.807) is 6.07 Å². The van der Waals surface area contributed by atoms with Gasteiger partial charge in [-0.05, 0) is 32.3 Å². The van der Waals surface area contributed by atoms with Crippen molar-refractivity contribution in [2.24, 2.45) is 0 Å². The number of carbonyl (C=O) groups is 1. The largest absolute Gasteiger partial charge is 0.481 e. The highest BCUT2D eigenvalue weighted by Crippen LogP contribution is 2.16. The number of hydrogen-bond acceptors (Lipinski definition) is 4. The number of aliphatic carboxylic acids is 1. The Morgan fingerprint density at radius 1 is 1.35 bits per heavy atom. The molecule has 1 fully saturated rings. The van der Waals surface area contributed by atoms with Gasteiger partial charge in [0.05, 0.1) is 12.1 Å². The van der Waals surface area contributed by atoms with Gasteiger partial charge in [-0.25, -0.2) is 9.97 Å². The fraction of sp³-hybridized carbons (Fsp3) is 0.583. The number of carboxylic acid groups (broad SMARTS) is 1. The molecule has 1 aromatic heterocycles. The van der Waals surface area contributed by atoms with E-state index in [1.807, 2.05) is 6.92 Å². The molecule has 0 bridgehead atoms. The average Bonchev–Trinajstić information content (AvgIpc) is 2.28. The quantitative estimate of drug-likeness (QED) is 0.857. The van der Waals surface area contributed by atoms with E-state index < -0.39 is 5.97 Å². The molecule has 1 aliphatic rings. The molecular weight excluding hydrogens is 218 g/mol. The maximum absolute atomic E-state index is 10.7. The summed E-state index contributed by atoms with van der Waals surface area (Å²) in [5, 5.41) is 8.79. The van der Waals surface area contributed by atoms with Gasteiger partial charge in [-0.2, -0.15) is 0 Å². The lowest BCUT2D eigenvalue weighted by Gasteiger charge is -2.27. The molecule has 0 spiro atoms. The molecule has 2 rings (SSSR count). The summed E-state index contributed by atoms with van der Waals surface area (Å²) in [5.74, 6) is -0.173. The normalized spacial score (nSPS) is 15.9. The Hall–Kier alpha value is -1.65. The van der Waals surface area contributed by atoms with Crippen molar-refractivity contribution in [2.45, 2.75) is 32.6 Å². The van der Waals surface area contributed by atoms with Crippen LogP contribution in [0.3, 0.4) is 0 Å². The second-order valence-electron chi connectivity index (χ2n) is 4.42. The second-order valence-corrected chi connectivity index (χ2v) is 4.42. The minimum atomic E-state index is -0.854. The van der Waals surface area contributed by atoms with Gasteiger partial charge < -0.3 is 10.0 Å². The molecule has 1 aliphatic heterocycles. The molecule has 0 radical (unpaired) electrons. The zero-order chi connectivity index (χ0) is 12.3. The molecule has 5 nitrogen and oxygen atoms in total. The van der Waals surface area contributed by atoms with E-state index in [4.69, 9.17) is 5.11 Å². The zero-order valence-electron chi connectivity index (χ0n) is 10.0. The zero-order valence-corrected chi connectivity index (χ0v) is 10.0. The lowest BCUT2D eigenvalue weighted by atomic mass is 10.1. The van der Waals surface area contributed by atoms with Crippen LogP contribution < -0.4 is 4.90 Å². The van der Waals surface area contributed by atoms with E-state index in [2.05, 4.69) is 14.9 Å². The van der Waals surface area contributed by atoms with Crippen LogP contribution in [0.5, 0.6) is 0 Å². The van der Waals surface area contributed by atoms with Crippen LogP contribution in [0.15, 0.2) is 6.07 Å². The van der Waals surface area contributed by atoms with Crippen molar-refractivity contribution >= 4 is 11.9 Å². The van der Waals surface area contributed by atoms with Crippen molar-refractivity contribution in [2.75, 3.05) is 18.0 Å². The van der Waals surface area contributed by atoms with Crippen LogP contribution in [0.25, 0.3) is 0 Å². The summed E-state index contributed by atoms with van der Waals surface area (Å²) in [5.41, 5.74) is 1.42. The molecule has 1 aromatic rings. The molecule has 0 unspecified atom stereocenters. The van der Waals surface area contributed by atoms with Crippen molar-refractivity contribution < 1.29 is 9.90 Å². The Kier molecular flexibility index (Phi) is 3.56. The molecule has 5 heteroatoms. The first-order chi connectivity index (χ1) is 8.15. The van der Waals surface area contributed by atoms with Crippen LogP contribution in [0.4, 0.5) is 5.95 Å². The fourth-order valence-electron chi connectivity index (χ4n) is 2.10. The van der Waals surface area contributed by atoms with E-state index >= 15 is 0 Å². The highest BCUT2D eigenvalue weighted by Gasteiger charge is 2.15. The topological polar surface area (TPSA) is 66.3 Å². The summed E-state index contributed by atoms with van der Waals surface area (Å²) in [6, 6.07) is 1.74. The molecule has 0 amide bonds. The molecule has 92 valence electrons. The lowest BCUT2D eigenvalue weighted by Crippen LogP contribution is -2.31. The molecule has 0 saturated carbocycles. The summed E-state index contributed by atoms with van der Waals surface area (Å²) >= 11 is 0. The standard InChI is InChI=1S/C12H17N3O2/c1-9-7-10(8-11(16)17)14-12(13-9)15-5-3-2-4-6-15/h7H,2-6,8H2,1H3,(H,16,17). The van der Waals surface area contributed by atoms with Crippen molar-refractivity contribution in [3.05, 3.63) is 17.5 Å². The van der Waals surface area contributed by atoms with Crippen LogP contribution in [-0.2, 0) is 11.2 Å². The number of aromatic nitrogens is 2. The second kappa shape index (κ2) is 5.12. The van der Waals surface area contributed by atoms with Gasteiger partial charge in [-0.1, -0.05) is 0 Å². The number of aryl methyl sites for hydroxylation is 1. The summed E-state index contributed by atoms with van der Waals surface area (Å²) < 4.78 is 0. The first kappa shape index (κ1) is 11.8. The predicted octanol–water partition coefficient (Wildman–Crippen LogP) is 1.40. The molecule has 17 heavy (non-hydrogen) atoms. The van der Waals surface area contributed by atoms with Crippen molar-refractivity contribution in [3.8, 4) is 0 Å². The third-order valence-corrected chi connectivity index (χ3v) is 2.87. The van der Waals surface area contributed by atoms with Gasteiger partial charge in [-0.3, -0.25) is 4.79 Å². The van der Waals surface area contributed by atoms with Crippen LogP contribution in [0.1, 0.15) is 30.7 Å². The average molecular weight is 235 g/mol. The monoisotopic (exact) mass is 235 g/mol. The fourth-order valence-corrected chi connectivity index (χ4v) is 2.10. The highest BCUT2D eigenvalue weighted by atomic mass is 16.4. The van der Waals surface area contributed by atoms with Gasteiger partial charge >= 0.3 is 5.97 Å². The molecule has 0 aromatic carbocycles. The van der Waals surface area contributed by atoms with Gasteiger partial charge in [0.1, 0.15) is 0 Å². The summed E-state index contributed by atoms with van der Waals surface area (Å²) in [6.07, 6.45) is 3.53. The van der Waals surface area contributed by atoms with Gasteiger partial charge in [0.15, 0.2) is 0 Å².